The lowest BCUT2D eigenvalue weighted by Gasteiger charge is -2.18. The van der Waals surface area contributed by atoms with E-state index < -0.39 is 0 Å². The number of rotatable bonds is 5. The Morgan fingerprint density at radius 2 is 2.14 bits per heavy atom. The normalized spacial score (nSPS) is 15.5. The minimum atomic E-state index is -0.232. The largest absolute Gasteiger partial charge is 0.347 e. The van der Waals surface area contributed by atoms with Gasteiger partial charge < -0.3 is 10.4 Å². The van der Waals surface area contributed by atoms with E-state index in [2.05, 4.69) is 20.5 Å². The highest BCUT2D eigenvalue weighted by molar-refractivity contribution is 5.79. The maximum absolute atomic E-state index is 12.3. The van der Waals surface area contributed by atoms with Crippen molar-refractivity contribution in [2.45, 2.75) is 39.2 Å². The van der Waals surface area contributed by atoms with Crippen LogP contribution in [-0.2, 0) is 11.2 Å². The van der Waals surface area contributed by atoms with Crippen LogP contribution in [0.5, 0.6) is 0 Å². The third kappa shape index (κ3) is 3.10. The number of pyridine rings is 1. The molecule has 0 radical (unpaired) electrons. The molecule has 22 heavy (non-hydrogen) atoms. The zero-order valence-electron chi connectivity index (χ0n) is 12.8. The summed E-state index contributed by atoms with van der Waals surface area (Å²) in [6.45, 7) is 3.72. The van der Waals surface area contributed by atoms with Crippen LogP contribution in [0.4, 0.5) is 0 Å². The summed E-state index contributed by atoms with van der Waals surface area (Å²) in [7, 11) is 0. The molecule has 1 fully saturated rings. The van der Waals surface area contributed by atoms with Gasteiger partial charge in [-0.3, -0.25) is 19.7 Å². The maximum atomic E-state index is 12.3. The van der Waals surface area contributed by atoms with Crippen molar-refractivity contribution in [3.63, 3.8) is 0 Å². The summed E-state index contributed by atoms with van der Waals surface area (Å²) in [5.41, 5.74) is 2.80. The van der Waals surface area contributed by atoms with Crippen molar-refractivity contribution < 1.29 is 4.79 Å². The number of aryl methyl sites for hydroxylation is 2. The molecule has 2 aromatic heterocycles. The first kappa shape index (κ1) is 14.6. The van der Waals surface area contributed by atoms with Crippen molar-refractivity contribution in [2.75, 3.05) is 0 Å². The third-order valence-corrected chi connectivity index (χ3v) is 4.07. The molecular weight excluding hydrogens is 280 g/mol. The van der Waals surface area contributed by atoms with Gasteiger partial charge >= 0.3 is 0 Å². The first-order valence-electron chi connectivity index (χ1n) is 7.53. The number of amides is 1. The topological polar surface area (TPSA) is 90.6 Å². The minimum Gasteiger partial charge on any atom is -0.347 e. The van der Waals surface area contributed by atoms with Crippen molar-refractivity contribution in [1.82, 2.24) is 20.5 Å². The Hall–Kier alpha value is -2.37. The minimum absolute atomic E-state index is 0.0641. The number of hydrogen-bond donors (Lipinski definition) is 3. The average Bonchev–Trinajstić information content (AvgIpc) is 3.27. The lowest BCUT2D eigenvalue weighted by molar-refractivity contribution is -0.121. The zero-order valence-corrected chi connectivity index (χ0v) is 12.8. The number of hydrogen-bond acceptors (Lipinski definition) is 3. The maximum Gasteiger partial charge on any atom is 0.267 e. The van der Waals surface area contributed by atoms with Crippen LogP contribution in [0.25, 0.3) is 0 Å². The second-order valence-corrected chi connectivity index (χ2v) is 5.95. The number of aromatic amines is 2. The highest BCUT2D eigenvalue weighted by Crippen LogP contribution is 2.40. The van der Waals surface area contributed by atoms with Gasteiger partial charge in [-0.25, -0.2) is 0 Å². The molecule has 3 N–H and O–H groups in total. The van der Waals surface area contributed by atoms with Crippen LogP contribution < -0.4 is 10.9 Å². The van der Waals surface area contributed by atoms with E-state index in [0.29, 0.717) is 17.2 Å². The quantitative estimate of drug-likeness (QED) is 0.782. The Labute approximate surface area is 128 Å². The molecule has 116 valence electrons. The van der Waals surface area contributed by atoms with Gasteiger partial charge in [0.25, 0.3) is 5.56 Å². The van der Waals surface area contributed by atoms with Crippen molar-refractivity contribution >= 4 is 5.91 Å². The Morgan fingerprint density at radius 1 is 1.36 bits per heavy atom. The second-order valence-electron chi connectivity index (χ2n) is 5.95. The molecule has 2 heterocycles. The summed E-state index contributed by atoms with van der Waals surface area (Å²) >= 11 is 0. The lowest BCUT2D eigenvalue weighted by atomic mass is 10.1. The summed E-state index contributed by atoms with van der Waals surface area (Å²) in [6, 6.07) is 5.79. The predicted molar refractivity (Wildman–Crippen MR) is 82.4 cm³/mol. The molecule has 1 aliphatic carbocycles. The zero-order chi connectivity index (χ0) is 15.7. The van der Waals surface area contributed by atoms with E-state index in [-0.39, 0.29) is 23.9 Å². The Morgan fingerprint density at radius 3 is 2.73 bits per heavy atom. The average molecular weight is 300 g/mol. The predicted octanol–water partition coefficient (Wildman–Crippen LogP) is 1.52. The van der Waals surface area contributed by atoms with Crippen molar-refractivity contribution in [2.24, 2.45) is 5.92 Å². The molecule has 1 saturated carbocycles. The summed E-state index contributed by atoms with van der Waals surface area (Å²) in [5, 5.41) is 8.28. The third-order valence-electron chi connectivity index (χ3n) is 4.07. The molecule has 1 amide bonds. The number of carbonyl (C=O) groups excluding carboxylic acids is 1. The fraction of sp³-hybridized carbons (Fsp3) is 0.438. The van der Waals surface area contributed by atoms with Crippen LogP contribution in [0.2, 0.25) is 0 Å². The second kappa shape index (κ2) is 5.79. The van der Waals surface area contributed by atoms with Gasteiger partial charge in [0.1, 0.15) is 0 Å². The van der Waals surface area contributed by atoms with Gasteiger partial charge in [0.15, 0.2) is 0 Å². The van der Waals surface area contributed by atoms with Gasteiger partial charge in [-0.15, -0.1) is 0 Å². The first-order chi connectivity index (χ1) is 10.5. The molecule has 6 heteroatoms. The van der Waals surface area contributed by atoms with Crippen molar-refractivity contribution in [3.8, 4) is 0 Å². The van der Waals surface area contributed by atoms with E-state index in [1.54, 1.807) is 6.92 Å². The fourth-order valence-electron chi connectivity index (χ4n) is 2.67. The fourth-order valence-corrected chi connectivity index (χ4v) is 2.67. The van der Waals surface area contributed by atoms with Crippen LogP contribution in [0.3, 0.4) is 0 Å². The highest BCUT2D eigenvalue weighted by atomic mass is 16.2. The van der Waals surface area contributed by atoms with Crippen LogP contribution >= 0.6 is 0 Å². The Bertz CT molecular complexity index is 743. The number of H-pyrrole nitrogens is 2. The van der Waals surface area contributed by atoms with E-state index in [0.717, 1.165) is 24.2 Å². The summed E-state index contributed by atoms with van der Waals surface area (Å²) in [6.07, 6.45) is 2.29. The van der Waals surface area contributed by atoms with E-state index in [9.17, 15) is 9.59 Å². The SMILES string of the molecule is Cc1cccc([C@H](NC(=O)Cc2c(C)[nH][nH]c2=O)C2CC2)n1. The molecule has 0 bridgehead atoms. The van der Waals surface area contributed by atoms with Gasteiger partial charge in [-0.2, -0.15) is 0 Å². The van der Waals surface area contributed by atoms with Crippen LogP contribution in [-0.4, -0.2) is 21.1 Å². The molecule has 1 atom stereocenters. The van der Waals surface area contributed by atoms with Gasteiger partial charge in [0.05, 0.1) is 18.2 Å². The monoisotopic (exact) mass is 300 g/mol. The van der Waals surface area contributed by atoms with Crippen molar-refractivity contribution in [3.05, 3.63) is 51.2 Å². The van der Waals surface area contributed by atoms with Crippen LogP contribution in [0.1, 0.15) is 41.5 Å². The molecule has 2 aromatic rings. The van der Waals surface area contributed by atoms with Gasteiger partial charge in [-0.1, -0.05) is 6.07 Å². The van der Waals surface area contributed by atoms with E-state index in [4.69, 9.17) is 0 Å². The van der Waals surface area contributed by atoms with Gasteiger partial charge in [0.2, 0.25) is 5.91 Å². The van der Waals surface area contributed by atoms with Crippen LogP contribution in [0, 0.1) is 19.8 Å². The Kier molecular flexibility index (Phi) is 3.83. The van der Waals surface area contributed by atoms with Gasteiger partial charge in [0, 0.05) is 17.0 Å². The molecule has 0 aliphatic heterocycles. The number of nitrogens with one attached hydrogen (secondary N) is 3. The highest BCUT2D eigenvalue weighted by Gasteiger charge is 2.34. The number of carbonyl (C=O) groups is 1. The standard InChI is InChI=1S/C16H20N4O2/c1-9-4-3-5-13(17-9)15(11-6-7-11)18-14(21)8-12-10(2)19-20-16(12)22/h3-5,11,15H,6-8H2,1-2H3,(H,18,21)(H2,19,20,22)/t15-/m1/s1. The van der Waals surface area contributed by atoms with Crippen LogP contribution in [0.15, 0.2) is 23.0 Å². The Balaban J connectivity index is 1.74. The lowest BCUT2D eigenvalue weighted by Crippen LogP contribution is -2.32. The molecule has 3 rings (SSSR count). The molecule has 0 spiro atoms. The first-order valence-corrected chi connectivity index (χ1v) is 7.53. The summed E-state index contributed by atoms with van der Waals surface area (Å²) in [5.74, 6) is 0.303. The smallest absolute Gasteiger partial charge is 0.267 e. The number of aromatic nitrogens is 3. The molecule has 0 saturated heterocycles. The van der Waals surface area contributed by atoms with E-state index in [1.165, 1.54) is 0 Å². The van der Waals surface area contributed by atoms with Crippen molar-refractivity contribution in [1.29, 1.82) is 0 Å². The molecular formula is C16H20N4O2. The molecule has 0 aromatic carbocycles. The summed E-state index contributed by atoms with van der Waals surface area (Å²) < 4.78 is 0. The van der Waals surface area contributed by atoms with E-state index in [1.807, 2.05) is 25.1 Å². The van der Waals surface area contributed by atoms with Gasteiger partial charge in [-0.05, 0) is 44.7 Å². The molecule has 6 nitrogen and oxygen atoms in total. The molecule has 0 unspecified atom stereocenters. The molecule has 1 aliphatic rings. The summed E-state index contributed by atoms with van der Waals surface area (Å²) in [4.78, 5) is 28.5. The number of nitrogens with zero attached hydrogens (tertiary/aromatic N) is 1. The van der Waals surface area contributed by atoms with E-state index >= 15 is 0 Å².